The highest BCUT2D eigenvalue weighted by molar-refractivity contribution is 5.70. The number of hydrogen-bond acceptors (Lipinski definition) is 3. The molecule has 0 aromatic heterocycles. The van der Waals surface area contributed by atoms with Crippen LogP contribution in [0, 0.1) is 0 Å². The lowest BCUT2D eigenvalue weighted by molar-refractivity contribution is 0.311. The van der Waals surface area contributed by atoms with Gasteiger partial charge in [-0.25, -0.2) is 0 Å². The predicted octanol–water partition coefficient (Wildman–Crippen LogP) is 2.80. The van der Waals surface area contributed by atoms with E-state index in [0.717, 1.165) is 29.8 Å². The third-order valence-corrected chi connectivity index (χ3v) is 3.20. The monoisotopic (exact) mass is 270 g/mol. The maximum atomic E-state index is 5.94. The molecule has 0 saturated carbocycles. The van der Waals surface area contributed by atoms with Crippen molar-refractivity contribution in [3.05, 3.63) is 54.1 Å². The number of nitrogens with two attached hydrogens (primary N) is 1. The molecule has 0 aliphatic heterocycles. The van der Waals surface area contributed by atoms with Crippen LogP contribution in [0.1, 0.15) is 12.0 Å². The van der Waals surface area contributed by atoms with Gasteiger partial charge in [-0.3, -0.25) is 0 Å². The van der Waals surface area contributed by atoms with Crippen LogP contribution in [0.2, 0.25) is 0 Å². The van der Waals surface area contributed by atoms with Crippen molar-refractivity contribution in [2.24, 2.45) is 5.73 Å². The first-order chi connectivity index (χ1) is 9.85. The molecule has 3 N–H and O–H groups in total. The highest BCUT2D eigenvalue weighted by Gasteiger charge is 2.07. The zero-order chi connectivity index (χ0) is 14.2. The fourth-order valence-electron chi connectivity index (χ4n) is 2.10. The third-order valence-electron chi connectivity index (χ3n) is 3.20. The van der Waals surface area contributed by atoms with Crippen LogP contribution in [0.3, 0.4) is 0 Å². The maximum Gasteiger partial charge on any atom is 0.127 e. The number of nitrogens with one attached hydrogen (secondary N) is 1. The summed E-state index contributed by atoms with van der Waals surface area (Å²) in [5.41, 5.74) is 9.09. The van der Waals surface area contributed by atoms with E-state index >= 15 is 0 Å². The SMILES string of the molecule is CNCCCOc1cc(CN)ccc1-c1ccccc1. The summed E-state index contributed by atoms with van der Waals surface area (Å²) >= 11 is 0. The van der Waals surface area contributed by atoms with Gasteiger partial charge >= 0.3 is 0 Å². The summed E-state index contributed by atoms with van der Waals surface area (Å²) < 4.78 is 5.94. The molecular weight excluding hydrogens is 248 g/mol. The van der Waals surface area contributed by atoms with E-state index in [2.05, 4.69) is 29.6 Å². The van der Waals surface area contributed by atoms with E-state index in [1.165, 1.54) is 5.56 Å². The van der Waals surface area contributed by atoms with Gasteiger partial charge in [0.05, 0.1) is 6.61 Å². The molecule has 0 aliphatic carbocycles. The lowest BCUT2D eigenvalue weighted by Crippen LogP contribution is -2.12. The fourth-order valence-corrected chi connectivity index (χ4v) is 2.10. The van der Waals surface area contributed by atoms with E-state index in [0.29, 0.717) is 13.2 Å². The van der Waals surface area contributed by atoms with Gasteiger partial charge < -0.3 is 15.8 Å². The fraction of sp³-hybridized carbons (Fsp3) is 0.294. The minimum Gasteiger partial charge on any atom is -0.493 e. The summed E-state index contributed by atoms with van der Waals surface area (Å²) in [7, 11) is 1.95. The molecule has 0 fully saturated rings. The molecule has 0 aliphatic rings. The summed E-state index contributed by atoms with van der Waals surface area (Å²) in [5.74, 6) is 0.912. The first kappa shape index (κ1) is 14.6. The summed E-state index contributed by atoms with van der Waals surface area (Å²) in [5, 5.41) is 3.12. The van der Waals surface area contributed by atoms with Gasteiger partial charge in [-0.2, -0.15) is 0 Å². The zero-order valence-corrected chi connectivity index (χ0v) is 11.9. The van der Waals surface area contributed by atoms with Crippen molar-refractivity contribution in [3.63, 3.8) is 0 Å². The maximum absolute atomic E-state index is 5.94. The molecule has 106 valence electrons. The summed E-state index contributed by atoms with van der Waals surface area (Å²) in [4.78, 5) is 0. The summed E-state index contributed by atoms with van der Waals surface area (Å²) in [6.07, 6.45) is 0.984. The molecule has 0 radical (unpaired) electrons. The van der Waals surface area contributed by atoms with Crippen molar-refractivity contribution in [1.82, 2.24) is 5.32 Å². The van der Waals surface area contributed by atoms with Crippen molar-refractivity contribution in [1.29, 1.82) is 0 Å². The Bertz CT molecular complexity index is 526. The van der Waals surface area contributed by atoms with Gasteiger partial charge in [-0.15, -0.1) is 0 Å². The van der Waals surface area contributed by atoms with E-state index in [1.54, 1.807) is 0 Å². The van der Waals surface area contributed by atoms with Crippen molar-refractivity contribution in [2.45, 2.75) is 13.0 Å². The second-order valence-corrected chi connectivity index (χ2v) is 4.71. The van der Waals surface area contributed by atoms with Crippen LogP contribution >= 0.6 is 0 Å². The van der Waals surface area contributed by atoms with Crippen molar-refractivity contribution >= 4 is 0 Å². The zero-order valence-electron chi connectivity index (χ0n) is 11.9. The first-order valence-electron chi connectivity index (χ1n) is 7.01. The Balaban J connectivity index is 2.21. The molecule has 0 spiro atoms. The first-order valence-corrected chi connectivity index (χ1v) is 7.01. The topological polar surface area (TPSA) is 47.3 Å². The Morgan fingerprint density at radius 1 is 1.10 bits per heavy atom. The lowest BCUT2D eigenvalue weighted by Gasteiger charge is -2.13. The second-order valence-electron chi connectivity index (χ2n) is 4.71. The van der Waals surface area contributed by atoms with E-state index in [9.17, 15) is 0 Å². The Labute approximate surface area is 120 Å². The van der Waals surface area contributed by atoms with Crippen LogP contribution in [0.15, 0.2) is 48.5 Å². The van der Waals surface area contributed by atoms with Gasteiger partial charge in [0.1, 0.15) is 5.75 Å². The molecule has 0 atom stereocenters. The van der Waals surface area contributed by atoms with Crippen LogP contribution in [-0.4, -0.2) is 20.2 Å². The molecule has 0 bridgehead atoms. The van der Waals surface area contributed by atoms with Gasteiger partial charge in [0, 0.05) is 12.1 Å². The normalized spacial score (nSPS) is 10.5. The molecule has 20 heavy (non-hydrogen) atoms. The van der Waals surface area contributed by atoms with E-state index < -0.39 is 0 Å². The van der Waals surface area contributed by atoms with Crippen molar-refractivity contribution in [3.8, 4) is 16.9 Å². The Hall–Kier alpha value is -1.84. The molecule has 2 rings (SSSR count). The van der Waals surface area contributed by atoms with Crippen LogP contribution < -0.4 is 15.8 Å². The Morgan fingerprint density at radius 3 is 2.60 bits per heavy atom. The van der Waals surface area contributed by atoms with E-state index in [-0.39, 0.29) is 0 Å². The summed E-state index contributed by atoms with van der Waals surface area (Å²) in [6, 6.07) is 16.5. The van der Waals surface area contributed by atoms with Crippen molar-refractivity contribution in [2.75, 3.05) is 20.2 Å². The second kappa shape index (κ2) is 7.68. The van der Waals surface area contributed by atoms with Gasteiger partial charge in [0.2, 0.25) is 0 Å². The summed E-state index contributed by atoms with van der Waals surface area (Å²) in [6.45, 7) is 2.19. The van der Waals surface area contributed by atoms with Crippen LogP contribution in [0.5, 0.6) is 5.75 Å². The average molecular weight is 270 g/mol. The van der Waals surface area contributed by atoms with Gasteiger partial charge in [0.15, 0.2) is 0 Å². The standard InChI is InChI=1S/C17H22N2O/c1-19-10-5-11-20-17-12-14(13-18)8-9-16(17)15-6-3-2-4-7-15/h2-4,6-9,12,19H,5,10-11,13,18H2,1H3. The van der Waals surface area contributed by atoms with Crippen LogP contribution in [0.25, 0.3) is 11.1 Å². The van der Waals surface area contributed by atoms with E-state index in [4.69, 9.17) is 10.5 Å². The number of ether oxygens (including phenoxy) is 1. The predicted molar refractivity (Wildman–Crippen MR) is 83.8 cm³/mol. The molecule has 0 unspecified atom stereocenters. The number of rotatable bonds is 7. The lowest BCUT2D eigenvalue weighted by atomic mass is 10.0. The van der Waals surface area contributed by atoms with Crippen molar-refractivity contribution < 1.29 is 4.74 Å². The van der Waals surface area contributed by atoms with Crippen LogP contribution in [-0.2, 0) is 6.54 Å². The molecule has 0 amide bonds. The highest BCUT2D eigenvalue weighted by Crippen LogP contribution is 2.31. The van der Waals surface area contributed by atoms with E-state index in [1.807, 2.05) is 31.3 Å². The molecule has 2 aromatic rings. The molecule has 0 saturated heterocycles. The smallest absolute Gasteiger partial charge is 0.127 e. The van der Waals surface area contributed by atoms with Gasteiger partial charge in [-0.1, -0.05) is 42.5 Å². The molecule has 3 heteroatoms. The number of benzene rings is 2. The van der Waals surface area contributed by atoms with Gasteiger partial charge in [0.25, 0.3) is 0 Å². The largest absolute Gasteiger partial charge is 0.493 e. The van der Waals surface area contributed by atoms with Crippen LogP contribution in [0.4, 0.5) is 0 Å². The van der Waals surface area contributed by atoms with Gasteiger partial charge in [-0.05, 0) is 37.2 Å². The minimum atomic E-state index is 0.530. The molecular formula is C17H22N2O. The third kappa shape index (κ3) is 3.83. The minimum absolute atomic E-state index is 0.530. The molecule has 3 nitrogen and oxygen atoms in total. The molecule has 2 aromatic carbocycles. The quantitative estimate of drug-likeness (QED) is 0.761. The highest BCUT2D eigenvalue weighted by atomic mass is 16.5. The Morgan fingerprint density at radius 2 is 1.90 bits per heavy atom. The number of hydrogen-bond donors (Lipinski definition) is 2. The molecule has 0 heterocycles. The average Bonchev–Trinajstić information content (AvgIpc) is 2.52. The Kier molecular flexibility index (Phi) is 5.59.